The summed E-state index contributed by atoms with van der Waals surface area (Å²) in [6.45, 7) is 25.2. The van der Waals surface area contributed by atoms with Gasteiger partial charge in [0.15, 0.2) is 25.5 Å². The standard InChI is InChI=1S/C41H55ClF2N6O5Si/c1-23(2)32-34(26(17-18-45-32)14-13-19-54-56(11,12)41(8,9)10)50-37-27(20-28(42)33(46-37)31-29(43)15-16-30(44)35(31)51)36(47-38(50)52)48-21-25(4)49(22-24(48)3)39(53)55-40(5,6)7/h15-18,20,23-25,51H,13-14,19,21-22H2,1-12H3/t24-,25-/m0/s1. The second kappa shape index (κ2) is 16.0. The number of halogens is 3. The van der Waals surface area contributed by atoms with Crippen LogP contribution in [0.2, 0.25) is 23.2 Å². The zero-order valence-corrected chi connectivity index (χ0v) is 36.3. The maximum Gasteiger partial charge on any atom is 0.410 e. The molecule has 0 saturated carbocycles. The molecule has 1 aliphatic rings. The van der Waals surface area contributed by atoms with E-state index in [1.54, 1.807) is 11.1 Å². The molecule has 3 aromatic heterocycles. The Balaban J connectivity index is 1.73. The van der Waals surface area contributed by atoms with Crippen LogP contribution in [0.1, 0.15) is 92.8 Å². The molecule has 0 spiro atoms. The summed E-state index contributed by atoms with van der Waals surface area (Å²) in [5.74, 6) is -2.86. The van der Waals surface area contributed by atoms with E-state index in [1.165, 1.54) is 10.6 Å². The third kappa shape index (κ3) is 8.72. The number of nitrogens with zero attached hydrogens (tertiary/aromatic N) is 6. The molecule has 2 atom stereocenters. The third-order valence-electron chi connectivity index (χ3n) is 10.7. The normalized spacial score (nSPS) is 16.9. The van der Waals surface area contributed by atoms with Crippen molar-refractivity contribution in [2.75, 3.05) is 24.6 Å². The van der Waals surface area contributed by atoms with E-state index >= 15 is 4.39 Å². The third-order valence-corrected chi connectivity index (χ3v) is 15.5. The Kier molecular flexibility index (Phi) is 12.3. The number of carbonyl (C=O) groups excluding carboxylic acids is 1. The molecule has 1 saturated heterocycles. The van der Waals surface area contributed by atoms with Crippen LogP contribution in [-0.2, 0) is 15.6 Å². The van der Waals surface area contributed by atoms with Crippen LogP contribution < -0.4 is 10.6 Å². The molecule has 0 unspecified atom stereocenters. The first-order valence-electron chi connectivity index (χ1n) is 19.1. The number of fused-ring (bicyclic) bond motifs is 1. The van der Waals surface area contributed by atoms with Crippen molar-refractivity contribution in [3.05, 3.63) is 68.9 Å². The Morgan fingerprint density at radius 2 is 1.70 bits per heavy atom. The molecular formula is C41H55ClF2N6O5Si. The van der Waals surface area contributed by atoms with Crippen LogP contribution in [-0.4, -0.2) is 81.3 Å². The zero-order valence-electron chi connectivity index (χ0n) is 34.6. The molecule has 1 aromatic carbocycles. The number of rotatable bonds is 9. The van der Waals surface area contributed by atoms with Crippen molar-refractivity contribution in [1.29, 1.82) is 0 Å². The van der Waals surface area contributed by atoms with Gasteiger partial charge in [0.25, 0.3) is 0 Å². The van der Waals surface area contributed by atoms with Crippen LogP contribution in [0.4, 0.5) is 19.4 Å². The molecule has 4 heterocycles. The van der Waals surface area contributed by atoms with Crippen molar-refractivity contribution in [2.45, 2.75) is 124 Å². The Morgan fingerprint density at radius 1 is 1.04 bits per heavy atom. The highest BCUT2D eigenvalue weighted by Gasteiger charge is 2.38. The van der Waals surface area contributed by atoms with Crippen LogP contribution >= 0.6 is 11.6 Å². The van der Waals surface area contributed by atoms with Gasteiger partial charge in [0.1, 0.15) is 17.2 Å². The number of piperazine rings is 1. The Bertz CT molecular complexity index is 2190. The highest BCUT2D eigenvalue weighted by Crippen LogP contribution is 2.41. The van der Waals surface area contributed by atoms with E-state index in [-0.39, 0.29) is 58.3 Å². The number of pyridine rings is 2. The summed E-state index contributed by atoms with van der Waals surface area (Å²) in [6, 6.07) is 4.38. The van der Waals surface area contributed by atoms with Gasteiger partial charge in [-0.3, -0.25) is 4.98 Å². The van der Waals surface area contributed by atoms with Crippen molar-refractivity contribution >= 4 is 42.9 Å². The van der Waals surface area contributed by atoms with E-state index < -0.39 is 48.6 Å². The predicted octanol–water partition coefficient (Wildman–Crippen LogP) is 9.39. The van der Waals surface area contributed by atoms with Crippen molar-refractivity contribution in [3.8, 4) is 22.7 Å². The van der Waals surface area contributed by atoms with E-state index in [4.69, 9.17) is 30.7 Å². The number of carbonyl (C=O) groups is 1. The zero-order chi connectivity index (χ0) is 41.7. The van der Waals surface area contributed by atoms with Crippen LogP contribution in [0.15, 0.2) is 35.3 Å². The van der Waals surface area contributed by atoms with E-state index in [1.807, 2.05) is 59.4 Å². The summed E-state index contributed by atoms with van der Waals surface area (Å²) in [4.78, 5) is 45.6. The summed E-state index contributed by atoms with van der Waals surface area (Å²) >= 11 is 6.85. The lowest BCUT2D eigenvalue weighted by Crippen LogP contribution is -2.59. The molecule has 56 heavy (non-hydrogen) atoms. The van der Waals surface area contributed by atoms with Gasteiger partial charge in [0.2, 0.25) is 0 Å². The first kappa shape index (κ1) is 43.0. The number of aromatic hydroxyl groups is 1. The number of aromatic nitrogens is 4. The number of hydrogen-bond donors (Lipinski definition) is 1. The molecule has 0 radical (unpaired) electrons. The van der Waals surface area contributed by atoms with Gasteiger partial charge < -0.3 is 24.1 Å². The van der Waals surface area contributed by atoms with E-state index in [0.717, 1.165) is 17.7 Å². The summed E-state index contributed by atoms with van der Waals surface area (Å²) in [5, 5.41) is 11.0. The van der Waals surface area contributed by atoms with Crippen molar-refractivity contribution in [1.82, 2.24) is 24.4 Å². The number of phenols is 1. The second-order valence-corrected chi connectivity index (χ2v) is 22.8. The van der Waals surface area contributed by atoms with Gasteiger partial charge in [-0.1, -0.05) is 46.2 Å². The van der Waals surface area contributed by atoms with Gasteiger partial charge in [-0.05, 0) is 101 Å². The molecule has 11 nitrogen and oxygen atoms in total. The highest BCUT2D eigenvalue weighted by molar-refractivity contribution is 6.74. The van der Waals surface area contributed by atoms with Gasteiger partial charge in [0, 0.05) is 38.0 Å². The van der Waals surface area contributed by atoms with E-state index in [2.05, 4.69) is 38.8 Å². The highest BCUT2D eigenvalue weighted by atomic mass is 35.5. The minimum Gasteiger partial charge on any atom is -0.504 e. The fraction of sp³-hybridized carbons (Fsp3) is 0.537. The molecule has 5 rings (SSSR count). The summed E-state index contributed by atoms with van der Waals surface area (Å²) in [7, 11) is -2.02. The lowest BCUT2D eigenvalue weighted by Gasteiger charge is -2.44. The average Bonchev–Trinajstić information content (AvgIpc) is 3.08. The number of anilines is 1. The average molecular weight is 813 g/mol. The SMILES string of the molecule is CC(C)c1nccc(CCCO[Si](C)(C)C(C)(C)C)c1-n1c(=O)nc(N2C[C@H](C)N(C(=O)OC(C)(C)C)C[C@@H]2C)c2cc(Cl)c(-c3c(F)ccc(F)c3O)nc21. The predicted molar refractivity (Wildman–Crippen MR) is 220 cm³/mol. The number of aryl methyl sites for hydroxylation is 1. The molecule has 1 amide bonds. The second-order valence-electron chi connectivity index (χ2n) is 17.6. The lowest BCUT2D eigenvalue weighted by atomic mass is 10.0. The minimum atomic E-state index is -2.02. The van der Waals surface area contributed by atoms with Gasteiger partial charge in [0.05, 0.1) is 33.0 Å². The molecule has 0 aliphatic carbocycles. The van der Waals surface area contributed by atoms with E-state index in [0.29, 0.717) is 36.2 Å². The first-order chi connectivity index (χ1) is 25.9. The van der Waals surface area contributed by atoms with Crippen LogP contribution in [0, 0.1) is 11.6 Å². The van der Waals surface area contributed by atoms with Crippen molar-refractivity contribution < 1.29 is 27.8 Å². The maximum atomic E-state index is 15.5. The van der Waals surface area contributed by atoms with Gasteiger partial charge in [-0.15, -0.1) is 0 Å². The Hall–Kier alpha value is -4.14. The van der Waals surface area contributed by atoms with Crippen LogP contribution in [0.5, 0.6) is 5.75 Å². The Morgan fingerprint density at radius 3 is 2.32 bits per heavy atom. The maximum absolute atomic E-state index is 15.5. The van der Waals surface area contributed by atoms with Crippen molar-refractivity contribution in [3.63, 3.8) is 0 Å². The summed E-state index contributed by atoms with van der Waals surface area (Å²) in [6.07, 6.45) is 2.45. The minimum absolute atomic E-state index is 0.0389. The fourth-order valence-electron chi connectivity index (χ4n) is 6.67. The Labute approximate surface area is 334 Å². The molecule has 304 valence electrons. The number of benzene rings is 1. The van der Waals surface area contributed by atoms with E-state index in [9.17, 15) is 19.1 Å². The molecule has 1 fully saturated rings. The van der Waals surface area contributed by atoms with Gasteiger partial charge in [-0.2, -0.15) is 4.98 Å². The topological polar surface area (TPSA) is 123 Å². The molecule has 1 N–H and O–H groups in total. The molecule has 15 heteroatoms. The first-order valence-corrected chi connectivity index (χ1v) is 22.4. The summed E-state index contributed by atoms with van der Waals surface area (Å²) < 4.78 is 43.7. The lowest BCUT2D eigenvalue weighted by molar-refractivity contribution is 0.0130. The smallest absolute Gasteiger partial charge is 0.410 e. The largest absolute Gasteiger partial charge is 0.504 e. The number of hydrogen-bond acceptors (Lipinski definition) is 9. The van der Waals surface area contributed by atoms with Gasteiger partial charge >= 0.3 is 11.8 Å². The van der Waals surface area contributed by atoms with Crippen LogP contribution in [0.25, 0.3) is 28.0 Å². The quantitative estimate of drug-likeness (QED) is 0.130. The number of phenolic OH excluding ortho intramolecular Hbond substituents is 1. The molecule has 1 aliphatic heterocycles. The number of ether oxygens (including phenoxy) is 1. The fourth-order valence-corrected chi connectivity index (χ4v) is 8.00. The molecule has 0 bridgehead atoms. The molecular weight excluding hydrogens is 758 g/mol. The van der Waals surface area contributed by atoms with Gasteiger partial charge in [-0.25, -0.2) is 27.9 Å². The number of amides is 1. The van der Waals surface area contributed by atoms with Crippen molar-refractivity contribution in [2.24, 2.45) is 0 Å². The molecule has 4 aromatic rings. The summed E-state index contributed by atoms with van der Waals surface area (Å²) in [5.41, 5.74) is -0.221. The van der Waals surface area contributed by atoms with Crippen LogP contribution in [0.3, 0.4) is 0 Å². The monoisotopic (exact) mass is 812 g/mol.